The molecule has 0 aromatic heterocycles. The summed E-state index contributed by atoms with van der Waals surface area (Å²) in [6.07, 6.45) is 3.97. The van der Waals surface area contributed by atoms with E-state index in [-0.39, 0.29) is 17.5 Å². The first-order valence-corrected chi connectivity index (χ1v) is 7.67. The van der Waals surface area contributed by atoms with Gasteiger partial charge in [0.25, 0.3) is 5.91 Å². The maximum absolute atomic E-state index is 13.0. The number of nitrogens with one attached hydrogen (secondary N) is 2. The highest BCUT2D eigenvalue weighted by Gasteiger charge is 2.17. The minimum Gasteiger partial charge on any atom is -0.389 e. The number of ether oxygens (including phenoxy) is 1. The second-order valence-electron chi connectivity index (χ2n) is 5.35. The number of rotatable bonds is 7. The molecule has 0 bridgehead atoms. The summed E-state index contributed by atoms with van der Waals surface area (Å²) in [6.45, 7) is 1.65. The van der Waals surface area contributed by atoms with Gasteiger partial charge in [-0.2, -0.15) is 5.26 Å². The Morgan fingerprint density at radius 2 is 2.39 bits per heavy atom. The molecule has 1 aromatic rings. The Labute approximate surface area is 135 Å². The first-order chi connectivity index (χ1) is 11.2. The van der Waals surface area contributed by atoms with E-state index in [1.54, 1.807) is 6.07 Å². The van der Waals surface area contributed by atoms with E-state index in [1.807, 2.05) is 12.1 Å². The van der Waals surface area contributed by atoms with E-state index in [2.05, 4.69) is 10.6 Å². The van der Waals surface area contributed by atoms with Crippen molar-refractivity contribution in [1.29, 1.82) is 5.26 Å². The Balaban J connectivity index is 1.74. The summed E-state index contributed by atoms with van der Waals surface area (Å²) < 4.78 is 18.4. The van der Waals surface area contributed by atoms with Gasteiger partial charge in [-0.05, 0) is 37.0 Å². The molecule has 2 N–H and O–H groups in total. The van der Waals surface area contributed by atoms with Crippen LogP contribution in [-0.4, -0.2) is 31.7 Å². The van der Waals surface area contributed by atoms with Crippen LogP contribution in [-0.2, 0) is 16.0 Å². The van der Waals surface area contributed by atoms with Crippen molar-refractivity contribution < 1.29 is 13.9 Å². The largest absolute Gasteiger partial charge is 0.389 e. The molecule has 1 aliphatic rings. The van der Waals surface area contributed by atoms with Crippen molar-refractivity contribution in [2.75, 3.05) is 19.7 Å². The first-order valence-electron chi connectivity index (χ1n) is 7.67. The molecule has 1 aromatic carbocycles. The van der Waals surface area contributed by atoms with Gasteiger partial charge in [0.15, 0.2) is 0 Å². The quantitative estimate of drug-likeness (QED) is 0.456. The fraction of sp³-hybridized carbons (Fsp3) is 0.412. The van der Waals surface area contributed by atoms with Gasteiger partial charge in [-0.15, -0.1) is 0 Å². The molecule has 1 amide bonds. The van der Waals surface area contributed by atoms with E-state index in [4.69, 9.17) is 10.00 Å². The van der Waals surface area contributed by atoms with E-state index in [1.165, 1.54) is 18.3 Å². The van der Waals surface area contributed by atoms with Crippen molar-refractivity contribution in [1.82, 2.24) is 10.6 Å². The van der Waals surface area contributed by atoms with Gasteiger partial charge in [0.2, 0.25) is 0 Å². The van der Waals surface area contributed by atoms with Crippen LogP contribution in [0.5, 0.6) is 0 Å². The van der Waals surface area contributed by atoms with E-state index >= 15 is 0 Å². The van der Waals surface area contributed by atoms with Crippen molar-refractivity contribution in [3.05, 3.63) is 47.4 Å². The van der Waals surface area contributed by atoms with E-state index in [0.717, 1.165) is 25.0 Å². The maximum Gasteiger partial charge on any atom is 0.263 e. The molecule has 5 nitrogen and oxygen atoms in total. The van der Waals surface area contributed by atoms with Gasteiger partial charge in [0.05, 0.1) is 6.10 Å². The lowest BCUT2D eigenvalue weighted by atomic mass is 10.1. The van der Waals surface area contributed by atoms with Crippen LogP contribution in [0, 0.1) is 17.1 Å². The molecule has 0 aliphatic carbocycles. The Kier molecular flexibility index (Phi) is 6.57. The molecular formula is C17H20FN3O2. The Bertz CT molecular complexity index is 604. The molecule has 6 heteroatoms. The standard InChI is InChI=1S/C17H20FN3O2/c18-15-4-1-3-13(9-15)6-7-20-11-14(10-19)17(22)21-12-16-5-2-8-23-16/h1,3-4,9,11,16,20H,2,5-8,12H2,(H,21,22)/b14-11-. The minimum atomic E-state index is -0.416. The summed E-state index contributed by atoms with van der Waals surface area (Å²) >= 11 is 0. The Morgan fingerprint density at radius 1 is 1.52 bits per heavy atom. The van der Waals surface area contributed by atoms with Crippen LogP contribution >= 0.6 is 0 Å². The molecule has 1 atom stereocenters. The van der Waals surface area contributed by atoms with Crippen molar-refractivity contribution >= 4 is 5.91 Å². The number of hydrogen-bond acceptors (Lipinski definition) is 4. The summed E-state index contributed by atoms with van der Waals surface area (Å²) in [5.41, 5.74) is 0.870. The molecular weight excluding hydrogens is 297 g/mol. The van der Waals surface area contributed by atoms with Crippen LogP contribution in [0.3, 0.4) is 0 Å². The monoisotopic (exact) mass is 317 g/mol. The third kappa shape index (κ3) is 5.72. The van der Waals surface area contributed by atoms with Crippen molar-refractivity contribution in [3.63, 3.8) is 0 Å². The SMILES string of the molecule is N#C/C(=C/NCCc1cccc(F)c1)C(=O)NCC1CCCO1. The molecule has 1 aliphatic heterocycles. The van der Waals surface area contributed by atoms with Crippen LogP contribution in [0.15, 0.2) is 36.0 Å². The molecule has 122 valence electrons. The highest BCUT2D eigenvalue weighted by molar-refractivity contribution is 5.97. The molecule has 0 spiro atoms. The predicted octanol–water partition coefficient (Wildman–Crippen LogP) is 1.66. The third-order valence-electron chi connectivity index (χ3n) is 3.57. The predicted molar refractivity (Wildman–Crippen MR) is 83.8 cm³/mol. The lowest BCUT2D eigenvalue weighted by Crippen LogP contribution is -2.33. The smallest absolute Gasteiger partial charge is 0.263 e. The van der Waals surface area contributed by atoms with Crippen LogP contribution < -0.4 is 10.6 Å². The maximum atomic E-state index is 13.0. The van der Waals surface area contributed by atoms with E-state index in [0.29, 0.717) is 19.5 Å². The Morgan fingerprint density at radius 3 is 3.09 bits per heavy atom. The second kappa shape index (κ2) is 8.91. The fourth-order valence-corrected chi connectivity index (χ4v) is 2.34. The van der Waals surface area contributed by atoms with Gasteiger partial charge in [0, 0.05) is 25.9 Å². The van der Waals surface area contributed by atoms with E-state index < -0.39 is 5.91 Å². The number of carbonyl (C=O) groups is 1. The van der Waals surface area contributed by atoms with Crippen LogP contribution in [0.25, 0.3) is 0 Å². The number of hydrogen-bond donors (Lipinski definition) is 2. The molecule has 0 radical (unpaired) electrons. The molecule has 1 unspecified atom stereocenters. The molecule has 23 heavy (non-hydrogen) atoms. The number of nitriles is 1. The summed E-state index contributed by atoms with van der Waals surface area (Å²) in [6, 6.07) is 8.21. The number of amides is 1. The summed E-state index contributed by atoms with van der Waals surface area (Å²) in [5.74, 6) is -0.689. The van der Waals surface area contributed by atoms with Gasteiger partial charge in [0.1, 0.15) is 17.5 Å². The zero-order chi connectivity index (χ0) is 16.5. The van der Waals surface area contributed by atoms with Crippen LogP contribution in [0.1, 0.15) is 18.4 Å². The lowest BCUT2D eigenvalue weighted by molar-refractivity contribution is -0.117. The second-order valence-corrected chi connectivity index (χ2v) is 5.35. The average molecular weight is 317 g/mol. The number of carbonyl (C=O) groups excluding carboxylic acids is 1. The average Bonchev–Trinajstić information content (AvgIpc) is 3.06. The number of halogens is 1. The summed E-state index contributed by atoms with van der Waals surface area (Å²) in [7, 11) is 0. The summed E-state index contributed by atoms with van der Waals surface area (Å²) in [4.78, 5) is 11.9. The molecule has 2 rings (SSSR count). The topological polar surface area (TPSA) is 74.2 Å². The highest BCUT2D eigenvalue weighted by Crippen LogP contribution is 2.10. The molecule has 1 heterocycles. The zero-order valence-electron chi connectivity index (χ0n) is 12.8. The van der Waals surface area contributed by atoms with Gasteiger partial charge in [-0.1, -0.05) is 12.1 Å². The molecule has 1 saturated heterocycles. The van der Waals surface area contributed by atoms with Crippen molar-refractivity contribution in [3.8, 4) is 6.07 Å². The lowest BCUT2D eigenvalue weighted by Gasteiger charge is -2.10. The normalized spacial score (nSPS) is 17.6. The Hall–Kier alpha value is -2.39. The molecule has 1 fully saturated rings. The summed E-state index contributed by atoms with van der Waals surface area (Å²) in [5, 5.41) is 14.7. The van der Waals surface area contributed by atoms with Gasteiger partial charge in [-0.3, -0.25) is 4.79 Å². The number of benzene rings is 1. The van der Waals surface area contributed by atoms with Crippen molar-refractivity contribution in [2.45, 2.75) is 25.4 Å². The highest BCUT2D eigenvalue weighted by atomic mass is 19.1. The van der Waals surface area contributed by atoms with Gasteiger partial charge >= 0.3 is 0 Å². The number of nitrogens with zero attached hydrogens (tertiary/aromatic N) is 1. The minimum absolute atomic E-state index is 0.0160. The van der Waals surface area contributed by atoms with Gasteiger partial charge in [-0.25, -0.2) is 4.39 Å². The zero-order valence-corrected chi connectivity index (χ0v) is 12.8. The third-order valence-corrected chi connectivity index (χ3v) is 3.57. The van der Waals surface area contributed by atoms with Crippen molar-refractivity contribution in [2.24, 2.45) is 0 Å². The van der Waals surface area contributed by atoms with Gasteiger partial charge < -0.3 is 15.4 Å². The molecule has 0 saturated carbocycles. The van der Waals surface area contributed by atoms with Crippen LogP contribution in [0.4, 0.5) is 4.39 Å². The fourth-order valence-electron chi connectivity index (χ4n) is 2.34. The van der Waals surface area contributed by atoms with E-state index in [9.17, 15) is 9.18 Å². The first kappa shape index (κ1) is 17.0. The van der Waals surface area contributed by atoms with Crippen LogP contribution in [0.2, 0.25) is 0 Å².